The van der Waals surface area contributed by atoms with Crippen molar-refractivity contribution in [3.63, 3.8) is 0 Å². The van der Waals surface area contributed by atoms with Crippen molar-refractivity contribution in [3.05, 3.63) is 0 Å². The molecule has 3 atom stereocenters. The Morgan fingerprint density at radius 2 is 2.19 bits per heavy atom. The number of rotatable bonds is 5. The Morgan fingerprint density at radius 1 is 1.38 bits per heavy atom. The maximum atomic E-state index is 11.2. The minimum absolute atomic E-state index is 0.0627. The highest BCUT2D eigenvalue weighted by Gasteiger charge is 2.41. The second-order valence-electron chi connectivity index (χ2n) is 5.32. The lowest BCUT2D eigenvalue weighted by Crippen LogP contribution is -2.26. The van der Waals surface area contributed by atoms with Gasteiger partial charge >= 0.3 is 0 Å². The third-order valence-corrected chi connectivity index (χ3v) is 4.22. The van der Waals surface area contributed by atoms with E-state index in [4.69, 9.17) is 0 Å². The van der Waals surface area contributed by atoms with E-state index in [0.717, 1.165) is 44.8 Å². The van der Waals surface area contributed by atoms with Crippen molar-refractivity contribution in [1.82, 2.24) is 4.90 Å². The molecule has 3 heteroatoms. The molecule has 1 N–H and O–H groups in total. The predicted molar refractivity (Wildman–Crippen MR) is 63.2 cm³/mol. The lowest BCUT2D eigenvalue weighted by atomic mass is 10.00. The fraction of sp³-hybridized carbons (Fsp3) is 0.923. The van der Waals surface area contributed by atoms with Crippen molar-refractivity contribution >= 4 is 5.78 Å². The maximum absolute atomic E-state index is 11.2. The van der Waals surface area contributed by atoms with E-state index >= 15 is 0 Å². The fourth-order valence-corrected chi connectivity index (χ4v) is 3.19. The topological polar surface area (TPSA) is 40.5 Å². The first-order chi connectivity index (χ1) is 7.70. The lowest BCUT2D eigenvalue weighted by Gasteiger charge is -2.17. The van der Waals surface area contributed by atoms with Gasteiger partial charge in [0, 0.05) is 31.8 Å². The molecule has 0 aromatic rings. The third-order valence-electron chi connectivity index (χ3n) is 4.22. The van der Waals surface area contributed by atoms with Crippen molar-refractivity contribution in [2.45, 2.75) is 45.1 Å². The summed E-state index contributed by atoms with van der Waals surface area (Å²) in [6, 6.07) is 0. The van der Waals surface area contributed by atoms with E-state index < -0.39 is 0 Å². The first-order valence-corrected chi connectivity index (χ1v) is 6.62. The van der Waals surface area contributed by atoms with Gasteiger partial charge in [-0.25, -0.2) is 0 Å². The summed E-state index contributed by atoms with van der Waals surface area (Å²) in [4.78, 5) is 13.6. The summed E-state index contributed by atoms with van der Waals surface area (Å²) in [7, 11) is 0. The summed E-state index contributed by atoms with van der Waals surface area (Å²) in [6.45, 7) is 5.15. The number of carbonyl (C=O) groups excluding carboxylic acids is 1. The summed E-state index contributed by atoms with van der Waals surface area (Å²) < 4.78 is 0. The van der Waals surface area contributed by atoms with Crippen LogP contribution in [0.1, 0.15) is 39.0 Å². The maximum Gasteiger partial charge on any atom is 0.132 e. The van der Waals surface area contributed by atoms with E-state index in [0.29, 0.717) is 18.1 Å². The lowest BCUT2D eigenvalue weighted by molar-refractivity contribution is -0.118. The van der Waals surface area contributed by atoms with Crippen LogP contribution in [0, 0.1) is 11.8 Å². The zero-order valence-corrected chi connectivity index (χ0v) is 10.2. The molecule has 3 unspecified atom stereocenters. The molecular formula is C13H23NO2. The molecule has 1 aliphatic heterocycles. The highest BCUT2D eigenvalue weighted by Crippen LogP contribution is 2.37. The molecule has 1 heterocycles. The van der Waals surface area contributed by atoms with Crippen LogP contribution in [0.25, 0.3) is 0 Å². The molecule has 0 bridgehead atoms. The largest absolute Gasteiger partial charge is 0.393 e. The number of likely N-dealkylation sites (tertiary alicyclic amines) is 1. The number of fused-ring (bicyclic) bond motifs is 1. The van der Waals surface area contributed by atoms with Crippen LogP contribution in [0.4, 0.5) is 0 Å². The normalized spacial score (nSPS) is 34.2. The smallest absolute Gasteiger partial charge is 0.132 e. The Hall–Kier alpha value is -0.410. The van der Waals surface area contributed by atoms with Crippen LogP contribution in [0.3, 0.4) is 0 Å². The van der Waals surface area contributed by atoms with Gasteiger partial charge in [0.25, 0.3) is 0 Å². The van der Waals surface area contributed by atoms with Crippen LogP contribution in [0.15, 0.2) is 0 Å². The average Bonchev–Trinajstić information content (AvgIpc) is 2.81. The summed E-state index contributed by atoms with van der Waals surface area (Å²) >= 11 is 0. The molecule has 1 saturated heterocycles. The quantitative estimate of drug-likeness (QED) is 0.770. The van der Waals surface area contributed by atoms with Crippen molar-refractivity contribution in [2.24, 2.45) is 11.8 Å². The van der Waals surface area contributed by atoms with Crippen molar-refractivity contribution < 1.29 is 9.90 Å². The van der Waals surface area contributed by atoms with Crippen LogP contribution < -0.4 is 0 Å². The second-order valence-corrected chi connectivity index (χ2v) is 5.32. The Kier molecular flexibility index (Phi) is 3.98. The number of hydrogen-bond donors (Lipinski definition) is 1. The first-order valence-electron chi connectivity index (χ1n) is 6.62. The molecule has 2 rings (SSSR count). The summed E-state index contributed by atoms with van der Waals surface area (Å²) in [5.41, 5.74) is 0. The summed E-state index contributed by atoms with van der Waals surface area (Å²) in [5.74, 6) is 1.61. The molecule has 92 valence electrons. The van der Waals surface area contributed by atoms with Gasteiger partial charge in [-0.15, -0.1) is 0 Å². The SMILES string of the molecule is CCC(=O)CCCN1CC2CCC(O)C2C1. The monoisotopic (exact) mass is 225 g/mol. The standard InChI is InChI=1S/C13H23NO2/c1-2-11(15)4-3-7-14-8-10-5-6-13(16)12(10)9-14/h10,12-13,16H,2-9H2,1H3. The van der Waals surface area contributed by atoms with E-state index in [1.54, 1.807) is 0 Å². The van der Waals surface area contributed by atoms with E-state index in [9.17, 15) is 9.90 Å². The number of aliphatic hydroxyl groups excluding tert-OH is 1. The Labute approximate surface area is 97.8 Å². The molecular weight excluding hydrogens is 202 g/mol. The average molecular weight is 225 g/mol. The number of ketones is 1. The number of Topliss-reactive ketones (excluding diaryl/α,β-unsaturated/α-hetero) is 1. The third kappa shape index (κ3) is 2.64. The Morgan fingerprint density at radius 3 is 2.88 bits per heavy atom. The highest BCUT2D eigenvalue weighted by molar-refractivity contribution is 5.77. The molecule has 1 saturated carbocycles. The minimum atomic E-state index is -0.0627. The zero-order chi connectivity index (χ0) is 11.5. The van der Waals surface area contributed by atoms with Gasteiger partial charge in [-0.1, -0.05) is 6.92 Å². The van der Waals surface area contributed by atoms with Gasteiger partial charge in [0.1, 0.15) is 5.78 Å². The predicted octanol–water partition coefficient (Wildman–Crippen LogP) is 1.45. The molecule has 1 aliphatic carbocycles. The molecule has 0 aromatic heterocycles. The Bertz CT molecular complexity index is 254. The van der Waals surface area contributed by atoms with E-state index in [-0.39, 0.29) is 6.10 Å². The van der Waals surface area contributed by atoms with E-state index in [1.165, 1.54) is 6.42 Å². The van der Waals surface area contributed by atoms with Gasteiger partial charge < -0.3 is 10.0 Å². The molecule has 16 heavy (non-hydrogen) atoms. The molecule has 2 aliphatic rings. The van der Waals surface area contributed by atoms with Gasteiger partial charge in [0.2, 0.25) is 0 Å². The number of aliphatic hydroxyl groups is 1. The minimum Gasteiger partial charge on any atom is -0.393 e. The Balaban J connectivity index is 1.68. The van der Waals surface area contributed by atoms with Crippen LogP contribution in [0.2, 0.25) is 0 Å². The van der Waals surface area contributed by atoms with Gasteiger partial charge in [0.15, 0.2) is 0 Å². The van der Waals surface area contributed by atoms with Crippen molar-refractivity contribution in [3.8, 4) is 0 Å². The van der Waals surface area contributed by atoms with Crippen LogP contribution in [0.5, 0.6) is 0 Å². The van der Waals surface area contributed by atoms with Gasteiger partial charge in [-0.3, -0.25) is 4.79 Å². The van der Waals surface area contributed by atoms with Gasteiger partial charge in [-0.05, 0) is 31.7 Å². The second kappa shape index (κ2) is 5.28. The molecule has 0 amide bonds. The van der Waals surface area contributed by atoms with E-state index in [2.05, 4.69) is 4.90 Å². The summed E-state index contributed by atoms with van der Waals surface area (Å²) in [5, 5.41) is 9.79. The number of carbonyl (C=O) groups is 1. The summed E-state index contributed by atoms with van der Waals surface area (Å²) in [6.07, 6.45) is 4.51. The zero-order valence-electron chi connectivity index (χ0n) is 10.2. The molecule has 0 spiro atoms. The highest BCUT2D eigenvalue weighted by atomic mass is 16.3. The number of hydrogen-bond acceptors (Lipinski definition) is 3. The van der Waals surface area contributed by atoms with Crippen LogP contribution in [-0.4, -0.2) is 41.5 Å². The van der Waals surface area contributed by atoms with Crippen LogP contribution >= 0.6 is 0 Å². The van der Waals surface area contributed by atoms with Gasteiger partial charge in [-0.2, -0.15) is 0 Å². The molecule has 0 aromatic carbocycles. The van der Waals surface area contributed by atoms with Gasteiger partial charge in [0.05, 0.1) is 6.10 Å². The first kappa shape index (κ1) is 12.1. The van der Waals surface area contributed by atoms with Crippen molar-refractivity contribution in [1.29, 1.82) is 0 Å². The van der Waals surface area contributed by atoms with Crippen molar-refractivity contribution in [2.75, 3.05) is 19.6 Å². The molecule has 0 radical (unpaired) electrons. The van der Waals surface area contributed by atoms with Crippen LogP contribution in [-0.2, 0) is 4.79 Å². The molecule has 2 fully saturated rings. The molecule has 3 nitrogen and oxygen atoms in total. The fourth-order valence-electron chi connectivity index (χ4n) is 3.19. The number of nitrogens with zero attached hydrogens (tertiary/aromatic N) is 1. The van der Waals surface area contributed by atoms with E-state index in [1.807, 2.05) is 6.92 Å².